The van der Waals surface area contributed by atoms with Crippen LogP contribution in [0.25, 0.3) is 10.9 Å². The molecule has 0 aliphatic rings. The lowest BCUT2D eigenvalue weighted by molar-refractivity contribution is -0.128. The number of amides is 2. The number of benzene rings is 1. The molecule has 22 heavy (non-hydrogen) atoms. The highest BCUT2D eigenvalue weighted by Crippen LogP contribution is 2.23. The number of rotatable bonds is 6. The van der Waals surface area contributed by atoms with Crippen LogP contribution < -0.4 is 10.6 Å². The molecule has 2 rings (SSSR count). The molecule has 1 aromatic heterocycles. The fourth-order valence-corrected chi connectivity index (χ4v) is 2.36. The van der Waals surface area contributed by atoms with Gasteiger partial charge >= 0.3 is 0 Å². The van der Waals surface area contributed by atoms with Gasteiger partial charge in [-0.15, -0.1) is 0 Å². The maximum absolute atomic E-state index is 12.1. The van der Waals surface area contributed by atoms with Crippen molar-refractivity contribution in [3.63, 3.8) is 0 Å². The molecule has 6 nitrogen and oxygen atoms in total. The number of likely N-dealkylation sites (N-methyl/N-ethyl adjacent to an activating group) is 1. The summed E-state index contributed by atoms with van der Waals surface area (Å²) in [7, 11) is 0. The standard InChI is InChI=1S/C16H21N3O3/c1-3-15(21)19-14(16(22)17-4-2)7-10-9-18-13-6-5-11(20)8-12(10)13/h5-6,8-9,14,18,20H,3-4,7H2,1-2H3,(H,17,22)(H,19,21). The number of H-pyrrole nitrogens is 1. The molecule has 6 heteroatoms. The highest BCUT2D eigenvalue weighted by atomic mass is 16.3. The minimum Gasteiger partial charge on any atom is -0.508 e. The number of phenolic OH excluding ortho intramolecular Hbond substituents is 1. The molecule has 1 unspecified atom stereocenters. The van der Waals surface area contributed by atoms with Crippen molar-refractivity contribution in [3.05, 3.63) is 30.0 Å². The number of aromatic nitrogens is 1. The monoisotopic (exact) mass is 303 g/mol. The summed E-state index contributed by atoms with van der Waals surface area (Å²) in [5, 5.41) is 15.9. The van der Waals surface area contributed by atoms with E-state index < -0.39 is 6.04 Å². The molecule has 1 aromatic carbocycles. The number of aromatic amines is 1. The molecule has 0 fully saturated rings. The Morgan fingerprint density at radius 2 is 2.09 bits per heavy atom. The van der Waals surface area contributed by atoms with Crippen LogP contribution in [0, 0.1) is 0 Å². The quantitative estimate of drug-likeness (QED) is 0.650. The van der Waals surface area contributed by atoms with E-state index in [9.17, 15) is 14.7 Å². The zero-order valence-corrected chi connectivity index (χ0v) is 12.8. The fourth-order valence-electron chi connectivity index (χ4n) is 2.36. The van der Waals surface area contributed by atoms with Gasteiger partial charge < -0.3 is 20.7 Å². The molecular formula is C16H21N3O3. The van der Waals surface area contributed by atoms with E-state index in [-0.39, 0.29) is 17.6 Å². The van der Waals surface area contributed by atoms with Gasteiger partial charge in [-0.05, 0) is 30.7 Å². The van der Waals surface area contributed by atoms with E-state index in [0.717, 1.165) is 16.5 Å². The van der Waals surface area contributed by atoms with Crippen molar-refractivity contribution in [1.29, 1.82) is 0 Å². The summed E-state index contributed by atoms with van der Waals surface area (Å²) < 4.78 is 0. The highest BCUT2D eigenvalue weighted by molar-refractivity contribution is 5.89. The van der Waals surface area contributed by atoms with Crippen molar-refractivity contribution < 1.29 is 14.7 Å². The smallest absolute Gasteiger partial charge is 0.242 e. The first-order valence-electron chi connectivity index (χ1n) is 7.41. The van der Waals surface area contributed by atoms with Gasteiger partial charge in [-0.1, -0.05) is 6.92 Å². The third-order valence-corrected chi connectivity index (χ3v) is 3.50. The number of carbonyl (C=O) groups excluding carboxylic acids is 2. The summed E-state index contributed by atoms with van der Waals surface area (Å²) in [6.45, 7) is 4.08. The van der Waals surface area contributed by atoms with Crippen LogP contribution in [0.5, 0.6) is 5.75 Å². The SMILES string of the molecule is CCNC(=O)C(Cc1c[nH]c2ccc(O)cc12)NC(=O)CC. The minimum absolute atomic E-state index is 0.167. The number of aromatic hydroxyl groups is 1. The first-order valence-corrected chi connectivity index (χ1v) is 7.41. The molecule has 0 saturated carbocycles. The lowest BCUT2D eigenvalue weighted by Crippen LogP contribution is -2.47. The first kappa shape index (κ1) is 15.9. The molecule has 1 atom stereocenters. The van der Waals surface area contributed by atoms with E-state index in [1.165, 1.54) is 0 Å². The van der Waals surface area contributed by atoms with Crippen LogP contribution in [0.1, 0.15) is 25.8 Å². The zero-order valence-electron chi connectivity index (χ0n) is 12.8. The second-order valence-electron chi connectivity index (χ2n) is 5.12. The van der Waals surface area contributed by atoms with Crippen molar-refractivity contribution in [2.45, 2.75) is 32.7 Å². The van der Waals surface area contributed by atoms with Crippen LogP contribution in [0.4, 0.5) is 0 Å². The Morgan fingerprint density at radius 3 is 2.77 bits per heavy atom. The minimum atomic E-state index is -0.631. The van der Waals surface area contributed by atoms with Gasteiger partial charge in [-0.3, -0.25) is 9.59 Å². The number of nitrogens with one attached hydrogen (secondary N) is 3. The molecule has 0 radical (unpaired) electrons. The van der Waals surface area contributed by atoms with E-state index in [0.29, 0.717) is 19.4 Å². The molecule has 0 aliphatic heterocycles. The van der Waals surface area contributed by atoms with E-state index >= 15 is 0 Å². The van der Waals surface area contributed by atoms with Gasteiger partial charge in [0.15, 0.2) is 0 Å². The summed E-state index contributed by atoms with van der Waals surface area (Å²) >= 11 is 0. The van der Waals surface area contributed by atoms with Crippen LogP contribution >= 0.6 is 0 Å². The second kappa shape index (κ2) is 6.98. The molecule has 118 valence electrons. The van der Waals surface area contributed by atoms with Crippen LogP contribution in [-0.4, -0.2) is 34.5 Å². The van der Waals surface area contributed by atoms with Gasteiger partial charge in [-0.25, -0.2) is 0 Å². The third-order valence-electron chi connectivity index (χ3n) is 3.50. The molecular weight excluding hydrogens is 282 g/mol. The van der Waals surface area contributed by atoms with Crippen LogP contribution in [0.15, 0.2) is 24.4 Å². The van der Waals surface area contributed by atoms with Crippen molar-refractivity contribution in [2.75, 3.05) is 6.54 Å². The summed E-state index contributed by atoms with van der Waals surface area (Å²) in [4.78, 5) is 26.9. The molecule has 0 aliphatic carbocycles. The van der Waals surface area contributed by atoms with Crippen molar-refractivity contribution in [2.24, 2.45) is 0 Å². The van der Waals surface area contributed by atoms with Gasteiger partial charge in [0, 0.05) is 36.5 Å². The van der Waals surface area contributed by atoms with Gasteiger partial charge in [-0.2, -0.15) is 0 Å². The molecule has 2 amide bonds. The van der Waals surface area contributed by atoms with Crippen molar-refractivity contribution >= 4 is 22.7 Å². The second-order valence-corrected chi connectivity index (χ2v) is 5.12. The molecule has 4 N–H and O–H groups in total. The van der Waals surface area contributed by atoms with E-state index in [4.69, 9.17) is 0 Å². The van der Waals surface area contributed by atoms with Gasteiger partial charge in [0.25, 0.3) is 0 Å². The van der Waals surface area contributed by atoms with Crippen LogP contribution in [0.3, 0.4) is 0 Å². The molecule has 0 spiro atoms. The zero-order chi connectivity index (χ0) is 16.1. The predicted octanol–water partition coefficient (Wildman–Crippen LogP) is 1.45. The maximum atomic E-state index is 12.1. The van der Waals surface area contributed by atoms with Gasteiger partial charge in [0.2, 0.25) is 11.8 Å². The molecule has 0 bridgehead atoms. The molecule has 2 aromatic rings. The fraction of sp³-hybridized carbons (Fsp3) is 0.375. The Kier molecular flexibility index (Phi) is 5.04. The lowest BCUT2D eigenvalue weighted by atomic mass is 10.0. The topological polar surface area (TPSA) is 94.2 Å². The lowest BCUT2D eigenvalue weighted by Gasteiger charge is -2.17. The van der Waals surface area contributed by atoms with Gasteiger partial charge in [0.1, 0.15) is 11.8 Å². The van der Waals surface area contributed by atoms with Crippen molar-refractivity contribution in [1.82, 2.24) is 15.6 Å². The Morgan fingerprint density at radius 1 is 1.32 bits per heavy atom. The van der Waals surface area contributed by atoms with Crippen LogP contribution in [-0.2, 0) is 16.0 Å². The number of fused-ring (bicyclic) bond motifs is 1. The normalized spacial score (nSPS) is 12.1. The third kappa shape index (κ3) is 3.58. The average Bonchev–Trinajstić information content (AvgIpc) is 2.89. The Balaban J connectivity index is 2.25. The molecule has 0 saturated heterocycles. The van der Waals surface area contributed by atoms with Crippen LogP contribution in [0.2, 0.25) is 0 Å². The Hall–Kier alpha value is -2.50. The molecule has 1 heterocycles. The largest absolute Gasteiger partial charge is 0.508 e. The first-order chi connectivity index (χ1) is 10.5. The summed E-state index contributed by atoms with van der Waals surface area (Å²) in [6.07, 6.45) is 2.49. The maximum Gasteiger partial charge on any atom is 0.242 e. The van der Waals surface area contributed by atoms with Gasteiger partial charge in [0.05, 0.1) is 0 Å². The average molecular weight is 303 g/mol. The van der Waals surface area contributed by atoms with E-state index in [1.54, 1.807) is 31.3 Å². The number of hydrogen-bond donors (Lipinski definition) is 4. The number of hydrogen-bond acceptors (Lipinski definition) is 3. The highest BCUT2D eigenvalue weighted by Gasteiger charge is 2.21. The van der Waals surface area contributed by atoms with E-state index in [2.05, 4.69) is 15.6 Å². The Bertz CT molecular complexity index is 678. The number of phenols is 1. The van der Waals surface area contributed by atoms with Crippen molar-refractivity contribution in [3.8, 4) is 5.75 Å². The summed E-state index contributed by atoms with van der Waals surface area (Å²) in [5.74, 6) is -0.210. The Labute approximate surface area is 128 Å². The number of carbonyl (C=O) groups is 2. The summed E-state index contributed by atoms with van der Waals surface area (Å²) in [5.41, 5.74) is 1.75. The van der Waals surface area contributed by atoms with E-state index in [1.807, 2.05) is 6.92 Å². The predicted molar refractivity (Wildman–Crippen MR) is 84.6 cm³/mol. The summed E-state index contributed by atoms with van der Waals surface area (Å²) in [6, 6.07) is 4.40.